The molecule has 3 rings (SSSR count). The van der Waals surface area contributed by atoms with E-state index in [0.29, 0.717) is 34.7 Å². The SMILES string of the molecule is CC(=O)c1ccccc1NC(=O)COC(=O)c1c(C)nn(Cc2ccc(C)cc2)c1C. The molecule has 0 aliphatic carbocycles. The summed E-state index contributed by atoms with van der Waals surface area (Å²) >= 11 is 0. The van der Waals surface area contributed by atoms with Gasteiger partial charge in [0.1, 0.15) is 5.56 Å². The molecule has 1 aromatic heterocycles. The Hall–Kier alpha value is -3.74. The molecule has 1 heterocycles. The van der Waals surface area contributed by atoms with E-state index in [1.807, 2.05) is 31.2 Å². The standard InChI is InChI=1S/C24H25N3O4/c1-15-9-11-19(12-10-15)13-27-17(3)23(16(2)26-27)24(30)31-14-22(29)25-21-8-6-5-7-20(21)18(4)28/h5-12H,13-14H2,1-4H3,(H,25,29). The molecule has 0 saturated heterocycles. The number of ketones is 1. The van der Waals surface area contributed by atoms with Crippen molar-refractivity contribution < 1.29 is 19.1 Å². The first-order chi connectivity index (χ1) is 14.8. The fourth-order valence-corrected chi connectivity index (χ4v) is 3.30. The number of benzene rings is 2. The average Bonchev–Trinajstić information content (AvgIpc) is 3.01. The van der Waals surface area contributed by atoms with Crippen LogP contribution in [0.5, 0.6) is 0 Å². The summed E-state index contributed by atoms with van der Waals surface area (Å²) in [5.74, 6) is -1.30. The van der Waals surface area contributed by atoms with Gasteiger partial charge in [0.05, 0.1) is 23.6 Å². The van der Waals surface area contributed by atoms with Crippen LogP contribution in [-0.2, 0) is 16.1 Å². The molecular weight excluding hydrogens is 394 g/mol. The zero-order chi connectivity index (χ0) is 22.5. The molecule has 0 fully saturated rings. The predicted octanol–water partition coefficient (Wildman–Crippen LogP) is 3.85. The molecule has 7 nitrogen and oxygen atoms in total. The number of aromatic nitrogens is 2. The van der Waals surface area contributed by atoms with E-state index in [1.54, 1.807) is 42.8 Å². The van der Waals surface area contributed by atoms with Crippen LogP contribution in [0.2, 0.25) is 0 Å². The summed E-state index contributed by atoms with van der Waals surface area (Å²) in [6, 6.07) is 14.8. The Labute approximate surface area is 181 Å². The molecule has 0 radical (unpaired) electrons. The second kappa shape index (κ2) is 9.38. The van der Waals surface area contributed by atoms with E-state index < -0.39 is 18.5 Å². The summed E-state index contributed by atoms with van der Waals surface area (Å²) in [6.07, 6.45) is 0. The number of rotatable bonds is 7. The Morgan fingerprint density at radius 2 is 1.68 bits per heavy atom. The number of Topliss-reactive ketones (excluding diaryl/α,β-unsaturated/α-hetero) is 1. The van der Waals surface area contributed by atoms with Gasteiger partial charge in [0.15, 0.2) is 12.4 Å². The van der Waals surface area contributed by atoms with Crippen molar-refractivity contribution in [1.29, 1.82) is 0 Å². The Kier molecular flexibility index (Phi) is 6.65. The maximum absolute atomic E-state index is 12.6. The Bertz CT molecular complexity index is 1130. The van der Waals surface area contributed by atoms with Crippen molar-refractivity contribution in [3.63, 3.8) is 0 Å². The van der Waals surface area contributed by atoms with Crippen LogP contribution in [0, 0.1) is 20.8 Å². The minimum atomic E-state index is -0.611. The van der Waals surface area contributed by atoms with E-state index in [0.717, 1.165) is 5.56 Å². The van der Waals surface area contributed by atoms with Crippen molar-refractivity contribution in [2.45, 2.75) is 34.2 Å². The van der Waals surface area contributed by atoms with E-state index in [9.17, 15) is 14.4 Å². The summed E-state index contributed by atoms with van der Waals surface area (Å²) in [7, 11) is 0. The predicted molar refractivity (Wildman–Crippen MR) is 117 cm³/mol. The largest absolute Gasteiger partial charge is 0.452 e. The quantitative estimate of drug-likeness (QED) is 0.464. The highest BCUT2D eigenvalue weighted by atomic mass is 16.5. The molecule has 0 spiro atoms. The van der Waals surface area contributed by atoms with Gasteiger partial charge in [-0.3, -0.25) is 14.3 Å². The van der Waals surface area contributed by atoms with Gasteiger partial charge in [-0.15, -0.1) is 0 Å². The maximum atomic E-state index is 12.6. The lowest BCUT2D eigenvalue weighted by atomic mass is 10.1. The van der Waals surface area contributed by atoms with E-state index in [4.69, 9.17) is 4.74 Å². The van der Waals surface area contributed by atoms with Crippen molar-refractivity contribution in [3.05, 3.63) is 82.2 Å². The third kappa shape index (κ3) is 5.25. The molecule has 7 heteroatoms. The lowest BCUT2D eigenvalue weighted by molar-refractivity contribution is -0.119. The smallest absolute Gasteiger partial charge is 0.342 e. The van der Waals surface area contributed by atoms with Crippen LogP contribution in [0.1, 0.15) is 50.2 Å². The number of nitrogens with zero attached hydrogens (tertiary/aromatic N) is 2. The fraction of sp³-hybridized carbons (Fsp3) is 0.250. The molecule has 1 amide bonds. The average molecular weight is 419 g/mol. The molecule has 0 saturated carbocycles. The first-order valence-electron chi connectivity index (χ1n) is 9.92. The third-order valence-electron chi connectivity index (χ3n) is 4.95. The minimum Gasteiger partial charge on any atom is -0.452 e. The zero-order valence-electron chi connectivity index (χ0n) is 18.1. The van der Waals surface area contributed by atoms with Gasteiger partial charge >= 0.3 is 5.97 Å². The van der Waals surface area contributed by atoms with Crippen LogP contribution >= 0.6 is 0 Å². The van der Waals surface area contributed by atoms with Crippen molar-refractivity contribution >= 4 is 23.3 Å². The summed E-state index contributed by atoms with van der Waals surface area (Å²) in [5.41, 5.74) is 4.58. The molecular formula is C24H25N3O4. The number of carbonyl (C=O) groups excluding carboxylic acids is 3. The number of hydrogen-bond acceptors (Lipinski definition) is 5. The first-order valence-corrected chi connectivity index (χ1v) is 9.92. The molecule has 31 heavy (non-hydrogen) atoms. The molecule has 160 valence electrons. The number of para-hydroxylation sites is 1. The number of ether oxygens (including phenoxy) is 1. The molecule has 3 aromatic rings. The summed E-state index contributed by atoms with van der Waals surface area (Å²) in [6.45, 7) is 7.04. The highest BCUT2D eigenvalue weighted by molar-refractivity contribution is 6.04. The molecule has 1 N–H and O–H groups in total. The Morgan fingerprint density at radius 3 is 2.35 bits per heavy atom. The fourth-order valence-electron chi connectivity index (χ4n) is 3.30. The molecule has 0 atom stereocenters. The van der Waals surface area contributed by atoms with Crippen LogP contribution in [0.25, 0.3) is 0 Å². The van der Waals surface area contributed by atoms with Crippen LogP contribution in [0.3, 0.4) is 0 Å². The van der Waals surface area contributed by atoms with Gasteiger partial charge in [-0.25, -0.2) is 4.79 Å². The van der Waals surface area contributed by atoms with Gasteiger partial charge in [-0.05, 0) is 45.4 Å². The van der Waals surface area contributed by atoms with Gasteiger partial charge in [0.2, 0.25) is 0 Å². The molecule has 0 aliphatic rings. The molecule has 0 bridgehead atoms. The zero-order valence-corrected chi connectivity index (χ0v) is 18.1. The Balaban J connectivity index is 1.65. The highest BCUT2D eigenvalue weighted by Gasteiger charge is 2.21. The monoisotopic (exact) mass is 419 g/mol. The Morgan fingerprint density at radius 1 is 1.00 bits per heavy atom. The van der Waals surface area contributed by atoms with Gasteiger partial charge in [-0.1, -0.05) is 42.0 Å². The van der Waals surface area contributed by atoms with Crippen LogP contribution in [0.4, 0.5) is 5.69 Å². The number of aryl methyl sites for hydroxylation is 2. The van der Waals surface area contributed by atoms with Gasteiger partial charge < -0.3 is 10.1 Å². The van der Waals surface area contributed by atoms with Crippen LogP contribution in [-0.4, -0.2) is 34.0 Å². The van der Waals surface area contributed by atoms with Crippen molar-refractivity contribution in [2.24, 2.45) is 0 Å². The topological polar surface area (TPSA) is 90.3 Å². The maximum Gasteiger partial charge on any atom is 0.342 e. The van der Waals surface area contributed by atoms with Crippen molar-refractivity contribution in [1.82, 2.24) is 9.78 Å². The molecule has 0 aliphatic heterocycles. The highest BCUT2D eigenvalue weighted by Crippen LogP contribution is 2.18. The number of carbonyl (C=O) groups is 3. The van der Waals surface area contributed by atoms with Crippen LogP contribution < -0.4 is 5.32 Å². The second-order valence-electron chi connectivity index (χ2n) is 7.42. The number of anilines is 1. The van der Waals surface area contributed by atoms with E-state index in [2.05, 4.69) is 10.4 Å². The summed E-state index contributed by atoms with van der Waals surface area (Å²) in [5, 5.41) is 7.07. The van der Waals surface area contributed by atoms with Crippen molar-refractivity contribution in [3.8, 4) is 0 Å². The lowest BCUT2D eigenvalue weighted by Gasteiger charge is -2.10. The third-order valence-corrected chi connectivity index (χ3v) is 4.95. The van der Waals surface area contributed by atoms with Gasteiger partial charge in [0.25, 0.3) is 5.91 Å². The van der Waals surface area contributed by atoms with Crippen molar-refractivity contribution in [2.75, 3.05) is 11.9 Å². The second-order valence-corrected chi connectivity index (χ2v) is 7.42. The summed E-state index contributed by atoms with van der Waals surface area (Å²) < 4.78 is 6.96. The van der Waals surface area contributed by atoms with E-state index >= 15 is 0 Å². The van der Waals surface area contributed by atoms with E-state index in [-0.39, 0.29) is 5.78 Å². The molecule has 0 unspecified atom stereocenters. The normalized spacial score (nSPS) is 10.6. The van der Waals surface area contributed by atoms with Crippen LogP contribution in [0.15, 0.2) is 48.5 Å². The number of amides is 1. The minimum absolute atomic E-state index is 0.167. The van der Waals surface area contributed by atoms with Gasteiger partial charge in [-0.2, -0.15) is 5.10 Å². The molecule has 2 aromatic carbocycles. The number of nitrogens with one attached hydrogen (secondary N) is 1. The van der Waals surface area contributed by atoms with E-state index in [1.165, 1.54) is 12.5 Å². The number of hydrogen-bond donors (Lipinski definition) is 1. The summed E-state index contributed by atoms with van der Waals surface area (Å²) in [4.78, 5) is 36.5. The lowest BCUT2D eigenvalue weighted by Crippen LogP contribution is -2.22. The first kappa shape index (κ1) is 22.0. The van der Waals surface area contributed by atoms with Gasteiger partial charge in [0, 0.05) is 5.56 Å². The number of esters is 1.